The van der Waals surface area contributed by atoms with Crippen molar-refractivity contribution in [2.45, 2.75) is 64.0 Å². The summed E-state index contributed by atoms with van der Waals surface area (Å²) in [6, 6.07) is 1.32. The highest BCUT2D eigenvalue weighted by atomic mass is 28.4. The van der Waals surface area contributed by atoms with Gasteiger partial charge in [0.05, 0.1) is 12.2 Å². The summed E-state index contributed by atoms with van der Waals surface area (Å²) in [7, 11) is -1.34. The molecule has 2 nitrogen and oxygen atoms in total. The Balaban J connectivity index is 1.68. The zero-order valence-electron chi connectivity index (χ0n) is 10.3. The van der Waals surface area contributed by atoms with Crippen LogP contribution in [0, 0.1) is 5.92 Å². The van der Waals surface area contributed by atoms with Gasteiger partial charge in [0.1, 0.15) is 0 Å². The summed E-state index contributed by atoms with van der Waals surface area (Å²) in [4.78, 5) is 0. The molecule has 0 amide bonds. The topological polar surface area (TPSA) is 21.8 Å². The van der Waals surface area contributed by atoms with Crippen molar-refractivity contribution < 1.29 is 9.16 Å². The Morgan fingerprint density at radius 3 is 2.73 bits per heavy atom. The van der Waals surface area contributed by atoms with Crippen molar-refractivity contribution in [3.63, 3.8) is 0 Å². The van der Waals surface area contributed by atoms with Crippen LogP contribution >= 0.6 is 0 Å². The van der Waals surface area contributed by atoms with E-state index < -0.39 is 8.32 Å². The third-order valence-electron chi connectivity index (χ3n) is 3.80. The van der Waals surface area contributed by atoms with Crippen LogP contribution in [-0.2, 0) is 9.16 Å². The minimum Gasteiger partial charge on any atom is -0.418 e. The molecule has 0 spiro atoms. The number of rotatable bonds is 5. The normalized spacial score (nSPS) is 35.0. The molecule has 0 bridgehead atoms. The van der Waals surface area contributed by atoms with Gasteiger partial charge in [-0.05, 0) is 51.2 Å². The van der Waals surface area contributed by atoms with E-state index in [2.05, 4.69) is 20.0 Å². The van der Waals surface area contributed by atoms with Gasteiger partial charge in [-0.1, -0.05) is 6.42 Å². The lowest BCUT2D eigenvalue weighted by molar-refractivity contribution is 0.316. The maximum Gasteiger partial charge on any atom is 0.186 e. The van der Waals surface area contributed by atoms with E-state index in [-0.39, 0.29) is 0 Å². The van der Waals surface area contributed by atoms with Crippen molar-refractivity contribution in [3.05, 3.63) is 0 Å². The number of hydrogen-bond donors (Lipinski definition) is 0. The van der Waals surface area contributed by atoms with Gasteiger partial charge in [-0.2, -0.15) is 0 Å². The maximum absolute atomic E-state index is 5.87. The van der Waals surface area contributed by atoms with E-state index >= 15 is 0 Å². The average Bonchev–Trinajstić information content (AvgIpc) is 2.92. The lowest BCUT2D eigenvalue weighted by Crippen LogP contribution is -2.31. The fourth-order valence-corrected chi connectivity index (χ4v) is 4.79. The van der Waals surface area contributed by atoms with Gasteiger partial charge >= 0.3 is 0 Å². The second kappa shape index (κ2) is 4.56. The predicted molar refractivity (Wildman–Crippen MR) is 64.5 cm³/mol. The molecule has 0 aromatic rings. The highest BCUT2D eigenvalue weighted by molar-refractivity contribution is 6.71. The molecule has 3 heteroatoms. The molecule has 15 heavy (non-hydrogen) atoms. The SMILES string of the molecule is CCO[Si](C)(C)CCC1CCC2OC2C1. The molecule has 1 saturated heterocycles. The molecule has 2 fully saturated rings. The van der Waals surface area contributed by atoms with Gasteiger partial charge in [0, 0.05) is 6.61 Å². The van der Waals surface area contributed by atoms with E-state index in [4.69, 9.17) is 9.16 Å². The second-order valence-corrected chi connectivity index (χ2v) is 9.93. The first-order valence-electron chi connectivity index (χ1n) is 6.40. The minimum atomic E-state index is -1.34. The zero-order chi connectivity index (χ0) is 10.9. The Bertz CT molecular complexity index is 218. The lowest BCUT2D eigenvalue weighted by Gasteiger charge is -2.25. The first-order chi connectivity index (χ1) is 7.11. The second-order valence-electron chi connectivity index (χ2n) is 5.62. The van der Waals surface area contributed by atoms with Gasteiger partial charge in [-0.3, -0.25) is 0 Å². The van der Waals surface area contributed by atoms with Gasteiger partial charge in [0.25, 0.3) is 0 Å². The molecular formula is C12H24O2Si. The Kier molecular flexibility index (Phi) is 3.53. The molecular weight excluding hydrogens is 204 g/mol. The third-order valence-corrected chi connectivity index (χ3v) is 6.37. The summed E-state index contributed by atoms with van der Waals surface area (Å²) in [5, 5.41) is 0. The molecule has 2 aliphatic rings. The summed E-state index contributed by atoms with van der Waals surface area (Å²) in [5.74, 6) is 0.918. The minimum absolute atomic E-state index is 0.639. The molecule has 3 unspecified atom stereocenters. The van der Waals surface area contributed by atoms with E-state index in [1.54, 1.807) is 0 Å². The van der Waals surface area contributed by atoms with Crippen molar-refractivity contribution in [1.82, 2.24) is 0 Å². The van der Waals surface area contributed by atoms with Gasteiger partial charge in [0.15, 0.2) is 8.32 Å². The molecule has 1 saturated carbocycles. The van der Waals surface area contributed by atoms with Gasteiger partial charge in [-0.25, -0.2) is 0 Å². The fourth-order valence-electron chi connectivity index (χ4n) is 2.76. The predicted octanol–water partition coefficient (Wildman–Crippen LogP) is 3.19. The van der Waals surface area contributed by atoms with Crippen LogP contribution in [-0.4, -0.2) is 27.1 Å². The Morgan fingerprint density at radius 1 is 1.27 bits per heavy atom. The van der Waals surface area contributed by atoms with Gasteiger partial charge in [-0.15, -0.1) is 0 Å². The van der Waals surface area contributed by atoms with E-state index in [9.17, 15) is 0 Å². The largest absolute Gasteiger partial charge is 0.418 e. The summed E-state index contributed by atoms with van der Waals surface area (Å²) in [5.41, 5.74) is 0. The van der Waals surface area contributed by atoms with E-state index in [1.165, 1.54) is 31.7 Å². The molecule has 88 valence electrons. The van der Waals surface area contributed by atoms with E-state index in [0.717, 1.165) is 12.5 Å². The van der Waals surface area contributed by atoms with Crippen LogP contribution in [0.15, 0.2) is 0 Å². The average molecular weight is 228 g/mol. The van der Waals surface area contributed by atoms with Crippen molar-refractivity contribution in [3.8, 4) is 0 Å². The molecule has 1 aliphatic carbocycles. The molecule has 0 aromatic heterocycles. The molecule has 0 aromatic carbocycles. The summed E-state index contributed by atoms with van der Waals surface area (Å²) >= 11 is 0. The number of ether oxygens (including phenoxy) is 1. The first kappa shape index (κ1) is 11.6. The Hall–Kier alpha value is 0.137. The van der Waals surface area contributed by atoms with Gasteiger partial charge < -0.3 is 9.16 Å². The van der Waals surface area contributed by atoms with Crippen LogP contribution in [0.2, 0.25) is 19.1 Å². The standard InChI is InChI=1S/C12H24O2Si/c1-4-13-15(2,3)8-7-10-5-6-11-12(9-10)14-11/h10-12H,4-9H2,1-3H3. The van der Waals surface area contributed by atoms with Crippen molar-refractivity contribution in [2.75, 3.05) is 6.61 Å². The van der Waals surface area contributed by atoms with Crippen molar-refractivity contribution >= 4 is 8.32 Å². The zero-order valence-corrected chi connectivity index (χ0v) is 11.3. The molecule has 0 N–H and O–H groups in total. The number of epoxide rings is 1. The maximum atomic E-state index is 5.87. The molecule has 1 aliphatic heterocycles. The van der Waals surface area contributed by atoms with E-state index in [0.29, 0.717) is 12.2 Å². The Labute approximate surface area is 94.5 Å². The monoisotopic (exact) mass is 228 g/mol. The first-order valence-corrected chi connectivity index (χ1v) is 9.51. The molecule has 0 radical (unpaired) electrons. The van der Waals surface area contributed by atoms with Crippen LogP contribution in [0.3, 0.4) is 0 Å². The van der Waals surface area contributed by atoms with Crippen LogP contribution in [0.5, 0.6) is 0 Å². The highest BCUT2D eigenvalue weighted by Crippen LogP contribution is 2.41. The van der Waals surface area contributed by atoms with Crippen molar-refractivity contribution in [1.29, 1.82) is 0 Å². The quantitative estimate of drug-likeness (QED) is 0.532. The fraction of sp³-hybridized carbons (Fsp3) is 1.00. The van der Waals surface area contributed by atoms with Crippen LogP contribution in [0.25, 0.3) is 0 Å². The summed E-state index contributed by atoms with van der Waals surface area (Å²) < 4.78 is 11.4. The van der Waals surface area contributed by atoms with Crippen molar-refractivity contribution in [2.24, 2.45) is 5.92 Å². The molecule has 3 atom stereocenters. The molecule has 2 rings (SSSR count). The van der Waals surface area contributed by atoms with Gasteiger partial charge in [0.2, 0.25) is 0 Å². The summed E-state index contributed by atoms with van der Waals surface area (Å²) in [6.45, 7) is 7.68. The lowest BCUT2D eigenvalue weighted by atomic mass is 9.88. The van der Waals surface area contributed by atoms with Crippen LogP contribution in [0.1, 0.15) is 32.6 Å². The van der Waals surface area contributed by atoms with Crippen LogP contribution < -0.4 is 0 Å². The van der Waals surface area contributed by atoms with E-state index in [1.807, 2.05) is 0 Å². The molecule has 1 heterocycles. The Morgan fingerprint density at radius 2 is 2.07 bits per heavy atom. The van der Waals surface area contributed by atoms with Crippen LogP contribution in [0.4, 0.5) is 0 Å². The smallest absolute Gasteiger partial charge is 0.186 e. The number of fused-ring (bicyclic) bond motifs is 1. The number of hydrogen-bond acceptors (Lipinski definition) is 2. The third kappa shape index (κ3) is 3.30. The highest BCUT2D eigenvalue weighted by Gasteiger charge is 2.43. The summed E-state index contributed by atoms with van der Waals surface area (Å²) in [6.07, 6.45) is 6.68.